The highest BCUT2D eigenvalue weighted by Gasteiger charge is 2.49. The first kappa shape index (κ1) is 6.35. The molecule has 0 bridgehead atoms. The Labute approximate surface area is 56.2 Å². The SMILES string of the molecule is [C-]#[N+]C1(CC=CC)CC1. The van der Waals surface area contributed by atoms with E-state index in [1.807, 2.05) is 13.0 Å². The van der Waals surface area contributed by atoms with Gasteiger partial charge in [0.1, 0.15) is 0 Å². The Morgan fingerprint density at radius 1 is 1.67 bits per heavy atom. The van der Waals surface area contributed by atoms with E-state index in [0.29, 0.717) is 0 Å². The molecule has 9 heavy (non-hydrogen) atoms. The summed E-state index contributed by atoms with van der Waals surface area (Å²) in [6.45, 7) is 8.84. The summed E-state index contributed by atoms with van der Waals surface area (Å²) < 4.78 is 0. The zero-order valence-electron chi connectivity index (χ0n) is 5.72. The quantitative estimate of drug-likeness (QED) is 0.390. The number of allylic oxidation sites excluding steroid dienone is 1. The third-order valence-electron chi connectivity index (χ3n) is 1.80. The molecule has 0 unspecified atom stereocenters. The number of hydrogen-bond donors (Lipinski definition) is 0. The third kappa shape index (κ3) is 1.32. The Morgan fingerprint density at radius 3 is 2.67 bits per heavy atom. The highest BCUT2D eigenvalue weighted by molar-refractivity contribution is 5.14. The standard InChI is InChI=1S/C8H11N/c1-3-4-5-8(9-2)6-7-8/h3-4H,5-7H2,1H3. The second kappa shape index (κ2) is 2.23. The molecule has 0 aromatic rings. The van der Waals surface area contributed by atoms with Crippen LogP contribution in [0.15, 0.2) is 12.2 Å². The first-order chi connectivity index (χ1) is 4.33. The molecule has 0 aliphatic heterocycles. The highest BCUT2D eigenvalue weighted by Crippen LogP contribution is 2.43. The minimum Gasteiger partial charge on any atom is -0.310 e. The highest BCUT2D eigenvalue weighted by atomic mass is 14.9. The lowest BCUT2D eigenvalue weighted by atomic mass is 10.2. The number of rotatable bonds is 2. The second-order valence-corrected chi connectivity index (χ2v) is 2.61. The van der Waals surface area contributed by atoms with Crippen LogP contribution in [0.5, 0.6) is 0 Å². The van der Waals surface area contributed by atoms with Gasteiger partial charge in [0.15, 0.2) is 0 Å². The van der Waals surface area contributed by atoms with Crippen molar-refractivity contribution in [3.8, 4) is 0 Å². The molecule has 1 fully saturated rings. The van der Waals surface area contributed by atoms with Gasteiger partial charge in [-0.15, -0.1) is 0 Å². The van der Waals surface area contributed by atoms with E-state index < -0.39 is 0 Å². The van der Waals surface area contributed by atoms with Crippen LogP contribution in [-0.4, -0.2) is 5.54 Å². The van der Waals surface area contributed by atoms with Gasteiger partial charge in [-0.1, -0.05) is 12.2 Å². The van der Waals surface area contributed by atoms with E-state index in [4.69, 9.17) is 6.57 Å². The molecule has 0 N–H and O–H groups in total. The molecule has 48 valence electrons. The van der Waals surface area contributed by atoms with Gasteiger partial charge in [0.05, 0.1) is 0 Å². The zero-order valence-corrected chi connectivity index (χ0v) is 5.72. The fourth-order valence-electron chi connectivity index (χ4n) is 0.843. The van der Waals surface area contributed by atoms with Gasteiger partial charge in [0, 0.05) is 19.3 Å². The smallest absolute Gasteiger partial charge is 0.236 e. The first-order valence-corrected chi connectivity index (χ1v) is 3.33. The summed E-state index contributed by atoms with van der Waals surface area (Å²) in [5, 5.41) is 0. The Kier molecular flexibility index (Phi) is 1.57. The van der Waals surface area contributed by atoms with Gasteiger partial charge in [0.25, 0.3) is 0 Å². The van der Waals surface area contributed by atoms with Crippen molar-refractivity contribution in [2.45, 2.75) is 31.7 Å². The molecule has 0 amide bonds. The van der Waals surface area contributed by atoms with Crippen LogP contribution >= 0.6 is 0 Å². The van der Waals surface area contributed by atoms with Gasteiger partial charge in [-0.05, 0) is 6.92 Å². The summed E-state index contributed by atoms with van der Waals surface area (Å²) >= 11 is 0. The van der Waals surface area contributed by atoms with E-state index in [9.17, 15) is 0 Å². The molecule has 0 aromatic carbocycles. The van der Waals surface area contributed by atoms with Crippen LogP contribution in [0.2, 0.25) is 0 Å². The summed E-state index contributed by atoms with van der Waals surface area (Å²) in [4.78, 5) is 3.57. The summed E-state index contributed by atoms with van der Waals surface area (Å²) in [5.41, 5.74) is 0.0481. The van der Waals surface area contributed by atoms with Crippen molar-refractivity contribution in [2.24, 2.45) is 0 Å². The van der Waals surface area contributed by atoms with Crippen LogP contribution in [0.25, 0.3) is 4.85 Å². The average Bonchev–Trinajstić information content (AvgIpc) is 2.65. The summed E-state index contributed by atoms with van der Waals surface area (Å²) in [6, 6.07) is 0. The van der Waals surface area contributed by atoms with E-state index in [1.54, 1.807) is 0 Å². The fourth-order valence-corrected chi connectivity index (χ4v) is 0.843. The van der Waals surface area contributed by atoms with E-state index in [-0.39, 0.29) is 5.54 Å². The molecule has 0 radical (unpaired) electrons. The van der Waals surface area contributed by atoms with Crippen LogP contribution in [0, 0.1) is 6.57 Å². The Hall–Kier alpha value is -0.770. The van der Waals surface area contributed by atoms with Gasteiger partial charge in [-0.3, -0.25) is 0 Å². The molecule has 1 aliphatic carbocycles. The molecule has 0 saturated heterocycles. The number of hydrogen-bond acceptors (Lipinski definition) is 0. The third-order valence-corrected chi connectivity index (χ3v) is 1.80. The van der Waals surface area contributed by atoms with E-state index in [1.165, 1.54) is 0 Å². The minimum absolute atomic E-state index is 0.0481. The molecule has 0 atom stereocenters. The Morgan fingerprint density at radius 2 is 2.33 bits per heavy atom. The predicted octanol–water partition coefficient (Wildman–Crippen LogP) is 2.40. The molecular formula is C8H11N. The minimum atomic E-state index is 0.0481. The summed E-state index contributed by atoms with van der Waals surface area (Å²) in [7, 11) is 0. The van der Waals surface area contributed by atoms with E-state index in [2.05, 4.69) is 10.9 Å². The molecule has 1 nitrogen and oxygen atoms in total. The van der Waals surface area contributed by atoms with Gasteiger partial charge in [-0.2, -0.15) is 0 Å². The topological polar surface area (TPSA) is 4.36 Å². The second-order valence-electron chi connectivity index (χ2n) is 2.61. The van der Waals surface area contributed by atoms with Gasteiger partial charge in [-0.25, -0.2) is 6.57 Å². The number of nitrogens with zero attached hydrogens (tertiary/aromatic N) is 1. The lowest BCUT2D eigenvalue weighted by Crippen LogP contribution is -1.97. The maximum absolute atomic E-state index is 6.84. The molecule has 0 heterocycles. The van der Waals surface area contributed by atoms with Gasteiger partial charge in [0.2, 0.25) is 5.54 Å². The average molecular weight is 121 g/mol. The lowest BCUT2D eigenvalue weighted by molar-refractivity contribution is 0.805. The zero-order chi connectivity index (χ0) is 6.74. The molecule has 1 rings (SSSR count). The van der Waals surface area contributed by atoms with Gasteiger partial charge >= 0.3 is 0 Å². The molecule has 0 aromatic heterocycles. The first-order valence-electron chi connectivity index (χ1n) is 3.33. The van der Waals surface area contributed by atoms with Crippen molar-refractivity contribution in [3.63, 3.8) is 0 Å². The van der Waals surface area contributed by atoms with Crippen molar-refractivity contribution < 1.29 is 0 Å². The van der Waals surface area contributed by atoms with E-state index in [0.717, 1.165) is 19.3 Å². The van der Waals surface area contributed by atoms with Crippen LogP contribution in [0.4, 0.5) is 0 Å². The van der Waals surface area contributed by atoms with E-state index >= 15 is 0 Å². The van der Waals surface area contributed by atoms with Crippen molar-refractivity contribution in [3.05, 3.63) is 23.6 Å². The Bertz CT molecular complexity index is 158. The molecular weight excluding hydrogens is 110 g/mol. The predicted molar refractivity (Wildman–Crippen MR) is 38.0 cm³/mol. The summed E-state index contributed by atoms with van der Waals surface area (Å²) in [5.74, 6) is 0. The van der Waals surface area contributed by atoms with Gasteiger partial charge < -0.3 is 4.85 Å². The van der Waals surface area contributed by atoms with Crippen LogP contribution in [-0.2, 0) is 0 Å². The molecule has 1 aliphatic rings. The maximum atomic E-state index is 6.84. The van der Waals surface area contributed by atoms with Crippen molar-refractivity contribution in [2.75, 3.05) is 0 Å². The monoisotopic (exact) mass is 121 g/mol. The van der Waals surface area contributed by atoms with Crippen LogP contribution < -0.4 is 0 Å². The van der Waals surface area contributed by atoms with Crippen LogP contribution in [0.1, 0.15) is 26.2 Å². The lowest BCUT2D eigenvalue weighted by Gasteiger charge is -1.92. The normalized spacial score (nSPS) is 21.8. The fraction of sp³-hybridized carbons (Fsp3) is 0.625. The molecule has 0 spiro atoms. The van der Waals surface area contributed by atoms with Crippen molar-refractivity contribution >= 4 is 0 Å². The maximum Gasteiger partial charge on any atom is 0.236 e. The largest absolute Gasteiger partial charge is 0.310 e. The Balaban J connectivity index is 2.36. The summed E-state index contributed by atoms with van der Waals surface area (Å²) in [6.07, 6.45) is 7.30. The van der Waals surface area contributed by atoms with Crippen molar-refractivity contribution in [1.82, 2.24) is 0 Å². The molecule has 1 saturated carbocycles. The molecule has 1 heteroatoms. The van der Waals surface area contributed by atoms with Crippen LogP contribution in [0.3, 0.4) is 0 Å². The van der Waals surface area contributed by atoms with Crippen molar-refractivity contribution in [1.29, 1.82) is 0 Å².